The minimum absolute atomic E-state index is 0.169. The van der Waals surface area contributed by atoms with E-state index in [0.29, 0.717) is 18.7 Å². The Hall–Kier alpha value is -1.91. The average molecular weight is 248 g/mol. The van der Waals surface area contributed by atoms with E-state index in [4.69, 9.17) is 4.74 Å². The van der Waals surface area contributed by atoms with Crippen LogP contribution in [0.3, 0.4) is 0 Å². The number of pyridine rings is 1. The number of hydrogen-bond acceptors (Lipinski definition) is 4. The smallest absolute Gasteiger partial charge is 0.329 e. The van der Waals surface area contributed by atoms with Crippen molar-refractivity contribution in [3.63, 3.8) is 0 Å². The molecule has 1 amide bonds. The largest absolute Gasteiger partial charge is 0.464 e. The van der Waals surface area contributed by atoms with Gasteiger partial charge in [-0.1, -0.05) is 0 Å². The lowest BCUT2D eigenvalue weighted by molar-refractivity contribution is -0.145. The van der Waals surface area contributed by atoms with Gasteiger partial charge in [0.05, 0.1) is 18.5 Å². The Morgan fingerprint density at radius 3 is 2.89 bits per heavy atom. The van der Waals surface area contributed by atoms with Gasteiger partial charge in [-0.25, -0.2) is 4.79 Å². The highest BCUT2D eigenvalue weighted by Gasteiger charge is 2.38. The van der Waals surface area contributed by atoms with Crippen molar-refractivity contribution in [2.75, 3.05) is 11.5 Å². The van der Waals surface area contributed by atoms with Gasteiger partial charge in [0.2, 0.25) is 5.91 Å². The van der Waals surface area contributed by atoms with Gasteiger partial charge in [0.25, 0.3) is 0 Å². The van der Waals surface area contributed by atoms with Crippen LogP contribution in [-0.4, -0.2) is 29.5 Å². The maximum Gasteiger partial charge on any atom is 0.329 e. The second kappa shape index (κ2) is 4.76. The SMILES string of the molecule is CCOC(=O)C1Cc2cc(C)ncc2N1C(C)=O. The van der Waals surface area contributed by atoms with Crippen LogP contribution < -0.4 is 4.90 Å². The standard InChI is InChI=1S/C13H16N2O3/c1-4-18-13(17)11-6-10-5-8(2)14-7-12(10)15(11)9(3)16/h5,7,11H,4,6H2,1-3H3. The lowest BCUT2D eigenvalue weighted by Crippen LogP contribution is -2.42. The summed E-state index contributed by atoms with van der Waals surface area (Å²) >= 11 is 0. The zero-order valence-corrected chi connectivity index (χ0v) is 10.8. The van der Waals surface area contributed by atoms with E-state index >= 15 is 0 Å². The number of hydrogen-bond donors (Lipinski definition) is 0. The highest BCUT2D eigenvalue weighted by molar-refractivity contribution is 6.01. The van der Waals surface area contributed by atoms with E-state index < -0.39 is 6.04 Å². The Morgan fingerprint density at radius 2 is 2.28 bits per heavy atom. The number of anilines is 1. The van der Waals surface area contributed by atoms with Gasteiger partial charge < -0.3 is 4.74 Å². The van der Waals surface area contributed by atoms with Gasteiger partial charge >= 0.3 is 5.97 Å². The number of amides is 1. The molecule has 5 nitrogen and oxygen atoms in total. The monoisotopic (exact) mass is 248 g/mol. The van der Waals surface area contributed by atoms with Gasteiger partial charge in [0, 0.05) is 19.0 Å². The lowest BCUT2D eigenvalue weighted by atomic mass is 10.1. The summed E-state index contributed by atoms with van der Waals surface area (Å²) in [5.74, 6) is -0.529. The summed E-state index contributed by atoms with van der Waals surface area (Å²) in [7, 11) is 0. The van der Waals surface area contributed by atoms with Gasteiger partial charge in [-0.15, -0.1) is 0 Å². The molecule has 18 heavy (non-hydrogen) atoms. The molecule has 5 heteroatoms. The molecule has 0 aromatic carbocycles. The molecule has 0 saturated heterocycles. The van der Waals surface area contributed by atoms with Gasteiger partial charge in [0.1, 0.15) is 6.04 Å². The Kier molecular flexibility index (Phi) is 3.32. The van der Waals surface area contributed by atoms with Crippen molar-refractivity contribution in [1.82, 2.24) is 4.98 Å². The number of aromatic nitrogens is 1. The molecule has 0 fully saturated rings. The van der Waals surface area contributed by atoms with Crippen molar-refractivity contribution in [3.8, 4) is 0 Å². The maximum absolute atomic E-state index is 11.9. The van der Waals surface area contributed by atoms with E-state index in [1.807, 2.05) is 13.0 Å². The first-order chi connectivity index (χ1) is 8.54. The summed E-state index contributed by atoms with van der Waals surface area (Å²) in [6.07, 6.45) is 2.14. The fourth-order valence-electron chi connectivity index (χ4n) is 2.27. The molecular weight excluding hydrogens is 232 g/mol. The fourth-order valence-corrected chi connectivity index (χ4v) is 2.27. The molecular formula is C13H16N2O3. The van der Waals surface area contributed by atoms with Crippen LogP contribution in [0, 0.1) is 6.92 Å². The molecule has 1 atom stereocenters. The molecule has 0 saturated carbocycles. The Morgan fingerprint density at radius 1 is 1.56 bits per heavy atom. The van der Waals surface area contributed by atoms with Crippen LogP contribution in [0.2, 0.25) is 0 Å². The Balaban J connectivity index is 2.37. The van der Waals surface area contributed by atoms with Gasteiger partial charge in [0.15, 0.2) is 0 Å². The molecule has 0 N–H and O–H groups in total. The number of carbonyl (C=O) groups excluding carboxylic acids is 2. The van der Waals surface area contributed by atoms with Crippen LogP contribution in [0.4, 0.5) is 5.69 Å². The summed E-state index contributed by atoms with van der Waals surface area (Å²) in [5, 5.41) is 0. The first kappa shape index (κ1) is 12.5. The molecule has 0 aliphatic carbocycles. The molecule has 0 spiro atoms. The zero-order valence-electron chi connectivity index (χ0n) is 10.8. The molecule has 1 aromatic heterocycles. The molecule has 1 aliphatic rings. The molecule has 2 rings (SSSR count). The molecule has 0 bridgehead atoms. The highest BCUT2D eigenvalue weighted by Crippen LogP contribution is 2.32. The minimum atomic E-state index is -0.555. The highest BCUT2D eigenvalue weighted by atomic mass is 16.5. The number of ether oxygens (including phenoxy) is 1. The predicted molar refractivity (Wildman–Crippen MR) is 66.3 cm³/mol. The van der Waals surface area contributed by atoms with E-state index in [1.165, 1.54) is 11.8 Å². The number of carbonyl (C=O) groups is 2. The van der Waals surface area contributed by atoms with Crippen molar-refractivity contribution in [2.45, 2.75) is 33.2 Å². The van der Waals surface area contributed by atoms with Gasteiger partial charge in [-0.05, 0) is 25.5 Å². The van der Waals surface area contributed by atoms with E-state index in [1.54, 1.807) is 13.1 Å². The number of aryl methyl sites for hydroxylation is 1. The van der Waals surface area contributed by atoms with E-state index in [9.17, 15) is 9.59 Å². The maximum atomic E-state index is 11.9. The zero-order chi connectivity index (χ0) is 13.3. The number of esters is 1. The summed E-state index contributed by atoms with van der Waals surface area (Å²) in [6.45, 7) is 5.40. The van der Waals surface area contributed by atoms with E-state index in [2.05, 4.69) is 4.98 Å². The summed E-state index contributed by atoms with van der Waals surface area (Å²) in [5.41, 5.74) is 2.56. The quantitative estimate of drug-likeness (QED) is 0.739. The molecule has 0 radical (unpaired) electrons. The molecule has 1 aromatic rings. The summed E-state index contributed by atoms with van der Waals surface area (Å²) in [4.78, 5) is 29.2. The third-order valence-electron chi connectivity index (χ3n) is 2.98. The van der Waals surface area contributed by atoms with Crippen molar-refractivity contribution in [1.29, 1.82) is 0 Å². The number of rotatable bonds is 2. The fraction of sp³-hybridized carbons (Fsp3) is 0.462. The first-order valence-corrected chi connectivity index (χ1v) is 5.96. The van der Waals surface area contributed by atoms with Crippen molar-refractivity contribution < 1.29 is 14.3 Å². The lowest BCUT2D eigenvalue weighted by Gasteiger charge is -2.22. The number of nitrogens with zero attached hydrogens (tertiary/aromatic N) is 2. The Bertz CT molecular complexity index is 499. The summed E-state index contributed by atoms with van der Waals surface area (Å²) in [6, 6.07) is 1.35. The van der Waals surface area contributed by atoms with Crippen LogP contribution in [0.15, 0.2) is 12.3 Å². The second-order valence-electron chi connectivity index (χ2n) is 4.32. The van der Waals surface area contributed by atoms with Crippen LogP contribution in [-0.2, 0) is 20.7 Å². The van der Waals surface area contributed by atoms with Crippen molar-refractivity contribution in [2.24, 2.45) is 0 Å². The van der Waals surface area contributed by atoms with Crippen molar-refractivity contribution >= 4 is 17.6 Å². The average Bonchev–Trinajstić information content (AvgIpc) is 2.67. The second-order valence-corrected chi connectivity index (χ2v) is 4.32. The summed E-state index contributed by atoms with van der Waals surface area (Å²) < 4.78 is 5.01. The molecule has 1 unspecified atom stereocenters. The third-order valence-corrected chi connectivity index (χ3v) is 2.98. The number of fused-ring (bicyclic) bond motifs is 1. The molecule has 2 heterocycles. The van der Waals surface area contributed by atoms with Gasteiger partial charge in [-0.2, -0.15) is 0 Å². The Labute approximate surface area is 106 Å². The molecule has 1 aliphatic heterocycles. The van der Waals surface area contributed by atoms with E-state index in [-0.39, 0.29) is 11.9 Å². The predicted octanol–water partition coefficient (Wildman–Crippen LogP) is 1.23. The normalized spacial score (nSPS) is 17.5. The van der Waals surface area contributed by atoms with Crippen LogP contribution in [0.5, 0.6) is 0 Å². The van der Waals surface area contributed by atoms with Crippen LogP contribution >= 0.6 is 0 Å². The van der Waals surface area contributed by atoms with E-state index in [0.717, 1.165) is 11.3 Å². The topological polar surface area (TPSA) is 59.5 Å². The first-order valence-electron chi connectivity index (χ1n) is 5.96. The molecule has 96 valence electrons. The third kappa shape index (κ3) is 2.08. The van der Waals surface area contributed by atoms with Gasteiger partial charge in [-0.3, -0.25) is 14.7 Å². The van der Waals surface area contributed by atoms with Crippen LogP contribution in [0.25, 0.3) is 0 Å². The minimum Gasteiger partial charge on any atom is -0.464 e. The van der Waals surface area contributed by atoms with Crippen LogP contribution in [0.1, 0.15) is 25.1 Å². The van der Waals surface area contributed by atoms with Crippen molar-refractivity contribution in [3.05, 3.63) is 23.5 Å².